The fraction of sp³-hybridized carbons (Fsp3) is 0.619. The number of aliphatic hydroxyl groups excluding tert-OH is 2. The van der Waals surface area contributed by atoms with Crippen LogP contribution in [-0.2, 0) is 92.7 Å². The number of carboxylic acids is 2. The first-order chi connectivity index (χ1) is 50.2. The Morgan fingerprint density at radius 1 is 0.430 bits per heavy atom. The van der Waals surface area contributed by atoms with E-state index in [9.17, 15) is 107 Å². The Kier molecular flexibility index (Phi) is 41.6. The maximum atomic E-state index is 13.9. The third-order valence-corrected chi connectivity index (χ3v) is 17.6. The molecule has 0 aromatic heterocycles. The molecule has 0 radical (unpaired) electrons. The van der Waals surface area contributed by atoms with Gasteiger partial charge in [0, 0.05) is 35.9 Å². The Labute approximate surface area is 637 Å². The van der Waals surface area contributed by atoms with Crippen LogP contribution in [0.25, 0.3) is 0 Å². The van der Waals surface area contributed by atoms with Crippen LogP contribution in [0.15, 0.2) is 24.3 Å². The number of nitrogens with one attached hydrogen (secondary N) is 17. The van der Waals surface area contributed by atoms with Gasteiger partial charge >= 0.3 is 11.9 Å². The van der Waals surface area contributed by atoms with E-state index in [1.54, 1.807) is 13.8 Å². The molecule has 0 spiro atoms. The van der Waals surface area contributed by atoms with Gasteiger partial charge in [0.25, 0.3) is 0 Å². The van der Waals surface area contributed by atoms with Crippen molar-refractivity contribution in [1.82, 2.24) is 90.4 Å². The van der Waals surface area contributed by atoms with E-state index in [4.69, 9.17) is 5.11 Å². The van der Waals surface area contributed by atoms with E-state index in [1.807, 2.05) is 0 Å². The first-order valence-corrected chi connectivity index (χ1v) is 36.3. The Morgan fingerprint density at radius 3 is 1.24 bits per heavy atom. The van der Waals surface area contributed by atoms with Gasteiger partial charge in [-0.15, -0.1) is 0 Å². The van der Waals surface area contributed by atoms with Gasteiger partial charge in [0.15, 0.2) is 0 Å². The molecule has 44 heteroatoms. The molecule has 107 heavy (non-hydrogen) atoms. The fourth-order valence-electron chi connectivity index (χ4n) is 9.56. The molecule has 1 fully saturated rings. The normalized spacial score (nSPS) is 16.9. The molecule has 1 heterocycles. The quantitative estimate of drug-likeness (QED) is 0.0270. The van der Waals surface area contributed by atoms with E-state index in [2.05, 4.69) is 141 Å². The van der Waals surface area contributed by atoms with Crippen molar-refractivity contribution in [2.75, 3.05) is 49.2 Å². The molecule has 1 aromatic rings. The van der Waals surface area contributed by atoms with Crippen LogP contribution in [0.4, 0.5) is 0 Å². The molecule has 17 atom stereocenters. The number of carboxylic acid groups (broad SMARTS) is 2. The number of aliphatic carboxylic acids is 2. The SMILES string of the molecule is CC[C@H](C)[C@H](NC(=O)[C@H](CCC(=O)O)NC(=O)[C@H](CS)NC(=O)[C@@H](NC(=O)CNC(=O)[C@@H]1CCCN1)[C@@H](C)O)C(=O)NCC(=O)N[C@@H](CS)C(=O)N[C@@H](C)C(=O)N[C@@H](Cc1ccc(O)cc1)C(=O)N[C@@H](C)C(=O)N[C@@H](C)C(=O)N[C@@H](CS)C(=O)N[C@@H](C)C(=O)N[C@H](C(=O)NCC(=O)N[C@@H](CS)C(=O)O)[C@@H](C)O. The second-order valence-corrected chi connectivity index (χ2v) is 26.4. The van der Waals surface area contributed by atoms with Crippen molar-refractivity contribution >= 4 is 157 Å². The van der Waals surface area contributed by atoms with E-state index >= 15 is 0 Å². The minimum atomic E-state index is -1.67. The van der Waals surface area contributed by atoms with Gasteiger partial charge in [-0.05, 0) is 91.0 Å². The predicted octanol–water partition coefficient (Wildman–Crippen LogP) is -9.11. The summed E-state index contributed by atoms with van der Waals surface area (Å²) in [6.07, 6.45) is -3.04. The van der Waals surface area contributed by atoms with Crippen molar-refractivity contribution < 1.29 is 112 Å². The number of phenols is 1. The molecular formula is C63H99N17O23S4. The highest BCUT2D eigenvalue weighted by molar-refractivity contribution is 7.80. The third-order valence-electron chi connectivity index (χ3n) is 16.2. The van der Waals surface area contributed by atoms with Gasteiger partial charge in [-0.2, -0.15) is 50.5 Å². The van der Waals surface area contributed by atoms with Crippen LogP contribution in [0.5, 0.6) is 5.75 Å². The summed E-state index contributed by atoms with van der Waals surface area (Å²) in [5.41, 5.74) is 0.386. The number of carbonyl (C=O) groups excluding carboxylic acids is 16. The lowest BCUT2D eigenvalue weighted by molar-refractivity contribution is -0.141. The molecule has 1 aliphatic rings. The molecule has 0 aliphatic carbocycles. The highest BCUT2D eigenvalue weighted by Crippen LogP contribution is 2.14. The monoisotopic (exact) mass is 1590 g/mol. The largest absolute Gasteiger partial charge is 0.508 e. The van der Waals surface area contributed by atoms with E-state index in [1.165, 1.54) is 58.9 Å². The van der Waals surface area contributed by atoms with E-state index in [-0.39, 0.29) is 35.8 Å². The summed E-state index contributed by atoms with van der Waals surface area (Å²) in [5.74, 6) is -20.2. The Bertz CT molecular complexity index is 3320. The number of benzene rings is 1. The van der Waals surface area contributed by atoms with E-state index in [0.717, 1.165) is 13.3 Å². The van der Waals surface area contributed by atoms with Gasteiger partial charge in [0.2, 0.25) is 94.5 Å². The van der Waals surface area contributed by atoms with Crippen LogP contribution >= 0.6 is 50.5 Å². The van der Waals surface area contributed by atoms with Gasteiger partial charge in [-0.3, -0.25) is 81.5 Å². The van der Waals surface area contributed by atoms with Crippen LogP contribution in [0.3, 0.4) is 0 Å². The van der Waals surface area contributed by atoms with Gasteiger partial charge in [0.05, 0.1) is 37.9 Å². The minimum absolute atomic E-state index is 0.145. The zero-order chi connectivity index (χ0) is 81.1. The van der Waals surface area contributed by atoms with Crippen molar-refractivity contribution in [3.05, 3.63) is 29.8 Å². The number of aliphatic hydroxyl groups is 2. The maximum absolute atomic E-state index is 13.9. The number of carbonyl (C=O) groups is 18. The van der Waals surface area contributed by atoms with E-state index in [0.29, 0.717) is 18.5 Å². The molecule has 1 aromatic carbocycles. The number of hydrogen-bond acceptors (Lipinski definition) is 26. The van der Waals surface area contributed by atoms with Crippen molar-refractivity contribution in [1.29, 1.82) is 0 Å². The van der Waals surface area contributed by atoms with Gasteiger partial charge < -0.3 is 116 Å². The molecule has 1 saturated heterocycles. The molecular weight excluding hydrogens is 1490 g/mol. The van der Waals surface area contributed by atoms with Crippen molar-refractivity contribution in [2.45, 2.75) is 191 Å². The number of amides is 16. The number of rotatable bonds is 46. The van der Waals surface area contributed by atoms with Crippen LogP contribution in [0, 0.1) is 5.92 Å². The van der Waals surface area contributed by atoms with Gasteiger partial charge in [0.1, 0.15) is 84.3 Å². The summed E-state index contributed by atoms with van der Waals surface area (Å²) < 4.78 is 0. The standard InChI is InChI=1S/C63H99N17O23S4/c1-9-27(2)47(79-55(94)37(16-17-46(87)88)74-59(98)41(25-106)77-62(101)49(33(8)82)78-45(86)22-65-54(93)36-11-10-18-64-36)60(99)66-20-43(84)72-39(23-104)57(96)70-30(5)51(90)75-38(19-34-12-14-35(83)15-13-34)56(95)69-28(3)50(89)68-29(4)52(91)76-40(24-105)58(97)71-31(6)53(92)80-48(32(7)81)61(100)67-21-44(85)73-42(26-107)63(102)103/h12-15,27-33,36-42,47-49,64,81-83,104-107H,9-11,16-26H2,1-8H3,(H,65,93)(H,66,99)(H,67,100)(H,68,89)(H,69,95)(H,70,96)(H,71,97)(H,72,84)(H,73,85)(H,74,98)(H,75,90)(H,76,91)(H,77,101)(H,78,86)(H,79,94)(H,80,92)(H,87,88)(H,102,103)/t27-,28-,29-,30-,31-,32+,33+,36-,37-,38-,39-,40-,41-,42-,47-,48-,49-/m0/s1. The highest BCUT2D eigenvalue weighted by Gasteiger charge is 2.37. The molecule has 1 aliphatic heterocycles. The molecule has 40 nitrogen and oxygen atoms in total. The molecule has 16 amide bonds. The Balaban J connectivity index is 2.11. The second-order valence-electron chi connectivity index (χ2n) is 25.0. The lowest BCUT2D eigenvalue weighted by Gasteiger charge is -2.28. The fourth-order valence-corrected chi connectivity index (χ4v) is 10.6. The van der Waals surface area contributed by atoms with Gasteiger partial charge in [-0.1, -0.05) is 32.4 Å². The number of aromatic hydroxyl groups is 1. The summed E-state index contributed by atoms with van der Waals surface area (Å²) in [4.78, 5) is 235. The third kappa shape index (κ3) is 33.2. The lowest BCUT2D eigenvalue weighted by atomic mass is 9.97. The Hall–Kier alpha value is -9.24. The zero-order valence-corrected chi connectivity index (χ0v) is 63.5. The zero-order valence-electron chi connectivity index (χ0n) is 59.9. The smallest absolute Gasteiger partial charge is 0.327 e. The van der Waals surface area contributed by atoms with Crippen LogP contribution in [0.2, 0.25) is 0 Å². The lowest BCUT2D eigenvalue weighted by Crippen LogP contribution is -2.61. The molecule has 22 N–H and O–H groups in total. The summed E-state index contributed by atoms with van der Waals surface area (Å²) >= 11 is 16.2. The first kappa shape index (κ1) is 93.8. The highest BCUT2D eigenvalue weighted by atomic mass is 32.1. The summed E-state index contributed by atoms with van der Waals surface area (Å²) in [6.45, 7) is 8.88. The first-order valence-electron chi connectivity index (χ1n) is 33.7. The van der Waals surface area contributed by atoms with Crippen LogP contribution in [0.1, 0.15) is 93.1 Å². The molecule has 0 bridgehead atoms. The Morgan fingerprint density at radius 2 is 0.794 bits per heavy atom. The topological polar surface area (TPSA) is 613 Å². The summed E-state index contributed by atoms with van der Waals surface area (Å²) in [5, 5.41) is 89.5. The minimum Gasteiger partial charge on any atom is -0.508 e. The van der Waals surface area contributed by atoms with Crippen LogP contribution < -0.4 is 90.4 Å². The van der Waals surface area contributed by atoms with Crippen molar-refractivity contribution in [3.63, 3.8) is 0 Å². The maximum Gasteiger partial charge on any atom is 0.327 e. The van der Waals surface area contributed by atoms with Crippen molar-refractivity contribution in [2.24, 2.45) is 5.92 Å². The molecule has 0 unspecified atom stereocenters. The molecule has 2 rings (SSSR count). The molecule has 0 saturated carbocycles. The van der Waals surface area contributed by atoms with Crippen LogP contribution in [-0.4, -0.2) is 278 Å². The van der Waals surface area contributed by atoms with E-state index < -0.39 is 247 Å². The average Bonchev–Trinajstić information content (AvgIpc) is 1.60. The second kappa shape index (κ2) is 47.4. The predicted molar refractivity (Wildman–Crippen MR) is 392 cm³/mol. The number of hydrogen-bond donors (Lipinski definition) is 26. The summed E-state index contributed by atoms with van der Waals surface area (Å²) in [7, 11) is 0. The molecule has 598 valence electrons. The number of thiol groups is 4. The number of phenolic OH excluding ortho intramolecular Hbond substituents is 1. The summed E-state index contributed by atoms with van der Waals surface area (Å²) in [6, 6.07) is -14.6. The van der Waals surface area contributed by atoms with Gasteiger partial charge in [-0.25, -0.2) is 4.79 Å². The average molecular weight is 1590 g/mol. The van der Waals surface area contributed by atoms with Crippen molar-refractivity contribution in [3.8, 4) is 5.75 Å².